The van der Waals surface area contributed by atoms with Gasteiger partial charge in [-0.05, 0) is 13.8 Å². The third-order valence-electron chi connectivity index (χ3n) is 3.19. The highest BCUT2D eigenvalue weighted by Crippen LogP contribution is 2.20. The van der Waals surface area contributed by atoms with Crippen molar-refractivity contribution in [3.05, 3.63) is 0 Å². The molecule has 0 spiro atoms. The number of ether oxygens (including phenoxy) is 1. The molecule has 2 fully saturated rings. The summed E-state index contributed by atoms with van der Waals surface area (Å²) in [6.07, 6.45) is 0.0819. The topological polar surface area (TPSA) is 70.1 Å². The molecule has 2 saturated heterocycles. The number of nitrogens with zero attached hydrogens (tertiary/aromatic N) is 2. The zero-order valence-electron chi connectivity index (χ0n) is 10.1. The molecule has 0 unspecified atom stereocenters. The largest absolute Gasteiger partial charge is 0.481 e. The Kier molecular flexibility index (Phi) is 3.24. The number of amides is 2. The van der Waals surface area contributed by atoms with E-state index in [1.165, 1.54) is 0 Å². The third kappa shape index (κ3) is 2.52. The molecule has 6 heteroatoms. The van der Waals surface area contributed by atoms with Crippen molar-refractivity contribution < 1.29 is 19.4 Å². The fraction of sp³-hybridized carbons (Fsp3) is 0.818. The third-order valence-corrected chi connectivity index (χ3v) is 3.19. The lowest BCUT2D eigenvalue weighted by atomic mass is 10.0. The summed E-state index contributed by atoms with van der Waals surface area (Å²) in [5, 5.41) is 8.76. The number of aliphatic carboxylic acids is 1. The van der Waals surface area contributed by atoms with Gasteiger partial charge < -0.3 is 19.6 Å². The average molecular weight is 242 g/mol. The summed E-state index contributed by atoms with van der Waals surface area (Å²) in [6.45, 7) is 5.69. The van der Waals surface area contributed by atoms with Crippen LogP contribution < -0.4 is 0 Å². The van der Waals surface area contributed by atoms with Crippen molar-refractivity contribution in [1.29, 1.82) is 0 Å². The van der Waals surface area contributed by atoms with Gasteiger partial charge in [0.15, 0.2) is 0 Å². The van der Waals surface area contributed by atoms with Crippen LogP contribution in [0.2, 0.25) is 0 Å². The molecule has 0 aliphatic carbocycles. The standard InChI is InChI=1S/C11H18N2O4/c1-7-3-12(4-8(2)17-7)11(16)13-5-9(6-13)10(14)15/h7-9H,3-6H2,1-2H3,(H,14,15)/t7-,8+. The molecule has 96 valence electrons. The van der Waals surface area contributed by atoms with Gasteiger partial charge in [0, 0.05) is 26.2 Å². The van der Waals surface area contributed by atoms with Gasteiger partial charge in [-0.3, -0.25) is 4.79 Å². The molecule has 0 aromatic heterocycles. The fourth-order valence-electron chi connectivity index (χ4n) is 2.33. The molecule has 0 saturated carbocycles. The van der Waals surface area contributed by atoms with Crippen LogP contribution in [0.4, 0.5) is 4.79 Å². The number of likely N-dealkylation sites (tertiary alicyclic amines) is 1. The number of rotatable bonds is 1. The molecule has 2 amide bonds. The number of carboxylic acids is 1. The first-order chi connectivity index (χ1) is 7.97. The van der Waals surface area contributed by atoms with Gasteiger partial charge in [0.05, 0.1) is 18.1 Å². The molecule has 2 aliphatic rings. The number of morpholine rings is 1. The summed E-state index contributed by atoms with van der Waals surface area (Å²) >= 11 is 0. The lowest BCUT2D eigenvalue weighted by Crippen LogP contribution is -2.60. The highest BCUT2D eigenvalue weighted by atomic mass is 16.5. The smallest absolute Gasteiger partial charge is 0.320 e. The van der Waals surface area contributed by atoms with Crippen LogP contribution in [0.5, 0.6) is 0 Å². The summed E-state index contributed by atoms with van der Waals surface area (Å²) in [7, 11) is 0. The van der Waals surface area contributed by atoms with Crippen molar-refractivity contribution in [2.45, 2.75) is 26.1 Å². The molecule has 0 aromatic rings. The van der Waals surface area contributed by atoms with Crippen molar-refractivity contribution in [1.82, 2.24) is 9.80 Å². The van der Waals surface area contributed by atoms with Gasteiger partial charge in [0.2, 0.25) is 0 Å². The normalized spacial score (nSPS) is 30.0. The molecule has 2 rings (SSSR count). The van der Waals surface area contributed by atoms with E-state index >= 15 is 0 Å². The van der Waals surface area contributed by atoms with Crippen LogP contribution in [-0.2, 0) is 9.53 Å². The van der Waals surface area contributed by atoms with Crippen molar-refractivity contribution in [3.8, 4) is 0 Å². The van der Waals surface area contributed by atoms with E-state index in [-0.39, 0.29) is 18.2 Å². The minimum atomic E-state index is -0.822. The zero-order chi connectivity index (χ0) is 12.6. The number of carbonyl (C=O) groups is 2. The van der Waals surface area contributed by atoms with E-state index in [0.29, 0.717) is 26.2 Å². The minimum Gasteiger partial charge on any atom is -0.481 e. The maximum atomic E-state index is 12.0. The maximum absolute atomic E-state index is 12.0. The molecule has 2 aliphatic heterocycles. The maximum Gasteiger partial charge on any atom is 0.320 e. The summed E-state index contributed by atoms with van der Waals surface area (Å²) in [6, 6.07) is -0.0653. The van der Waals surface area contributed by atoms with E-state index in [2.05, 4.69) is 0 Å². The van der Waals surface area contributed by atoms with E-state index in [4.69, 9.17) is 9.84 Å². The molecule has 2 atom stereocenters. The highest BCUT2D eigenvalue weighted by Gasteiger charge is 2.39. The van der Waals surface area contributed by atoms with Crippen molar-refractivity contribution in [2.75, 3.05) is 26.2 Å². The van der Waals surface area contributed by atoms with E-state index in [0.717, 1.165) is 0 Å². The molecule has 6 nitrogen and oxygen atoms in total. The van der Waals surface area contributed by atoms with Crippen LogP contribution in [0, 0.1) is 5.92 Å². The molecule has 0 radical (unpaired) electrons. The molecule has 1 N–H and O–H groups in total. The minimum absolute atomic E-state index is 0.0410. The first-order valence-corrected chi connectivity index (χ1v) is 5.89. The van der Waals surface area contributed by atoms with Crippen LogP contribution >= 0.6 is 0 Å². The Labute approximate surface area is 100 Å². The zero-order valence-corrected chi connectivity index (χ0v) is 10.1. The van der Waals surface area contributed by atoms with Crippen LogP contribution in [-0.4, -0.2) is 65.3 Å². The van der Waals surface area contributed by atoms with Crippen LogP contribution in [0.1, 0.15) is 13.8 Å². The van der Waals surface area contributed by atoms with Crippen molar-refractivity contribution in [3.63, 3.8) is 0 Å². The Morgan fingerprint density at radius 1 is 1.06 bits per heavy atom. The van der Waals surface area contributed by atoms with Gasteiger partial charge in [0.1, 0.15) is 0 Å². The average Bonchev–Trinajstić information content (AvgIpc) is 2.12. The van der Waals surface area contributed by atoms with E-state index < -0.39 is 11.9 Å². The Morgan fingerprint density at radius 3 is 2.00 bits per heavy atom. The first kappa shape index (κ1) is 12.2. The van der Waals surface area contributed by atoms with Crippen LogP contribution in [0.25, 0.3) is 0 Å². The Bertz CT molecular complexity index is 317. The van der Waals surface area contributed by atoms with Gasteiger partial charge in [-0.2, -0.15) is 0 Å². The molecular weight excluding hydrogens is 224 g/mol. The molecular formula is C11H18N2O4. The van der Waals surface area contributed by atoms with Crippen LogP contribution in [0.3, 0.4) is 0 Å². The summed E-state index contributed by atoms with van der Waals surface area (Å²) in [5.74, 6) is -1.22. The Hall–Kier alpha value is -1.30. The second-order valence-corrected chi connectivity index (χ2v) is 4.89. The van der Waals surface area contributed by atoms with Gasteiger partial charge in [-0.25, -0.2) is 4.79 Å². The van der Waals surface area contributed by atoms with Crippen molar-refractivity contribution >= 4 is 12.0 Å². The fourth-order valence-corrected chi connectivity index (χ4v) is 2.33. The van der Waals surface area contributed by atoms with Crippen molar-refractivity contribution in [2.24, 2.45) is 5.92 Å². The lowest BCUT2D eigenvalue weighted by molar-refractivity contribution is -0.146. The van der Waals surface area contributed by atoms with Gasteiger partial charge in [-0.15, -0.1) is 0 Å². The number of carboxylic acid groups (broad SMARTS) is 1. The lowest BCUT2D eigenvalue weighted by Gasteiger charge is -2.43. The number of urea groups is 1. The molecule has 17 heavy (non-hydrogen) atoms. The number of hydrogen-bond donors (Lipinski definition) is 1. The predicted octanol–water partition coefficient (Wildman–Crippen LogP) is 0.232. The second kappa shape index (κ2) is 4.52. The summed E-state index contributed by atoms with van der Waals surface area (Å²) < 4.78 is 5.55. The summed E-state index contributed by atoms with van der Waals surface area (Å²) in [5.41, 5.74) is 0. The summed E-state index contributed by atoms with van der Waals surface area (Å²) in [4.78, 5) is 26.0. The SMILES string of the molecule is C[C@@H]1CN(C(=O)N2CC(C(=O)O)C2)C[C@H](C)O1. The van der Waals surface area contributed by atoms with E-state index in [1.807, 2.05) is 13.8 Å². The second-order valence-electron chi connectivity index (χ2n) is 4.89. The molecule has 0 bridgehead atoms. The first-order valence-electron chi connectivity index (χ1n) is 5.89. The van der Waals surface area contributed by atoms with Gasteiger partial charge in [-0.1, -0.05) is 0 Å². The number of carbonyl (C=O) groups excluding carboxylic acids is 1. The molecule has 0 aromatic carbocycles. The quantitative estimate of drug-likeness (QED) is 0.714. The monoisotopic (exact) mass is 242 g/mol. The predicted molar refractivity (Wildman–Crippen MR) is 59.7 cm³/mol. The van der Waals surface area contributed by atoms with Crippen LogP contribution in [0.15, 0.2) is 0 Å². The Morgan fingerprint density at radius 2 is 1.53 bits per heavy atom. The molecule has 2 heterocycles. The van der Waals surface area contributed by atoms with E-state index in [9.17, 15) is 9.59 Å². The highest BCUT2D eigenvalue weighted by molar-refractivity contribution is 5.80. The van der Waals surface area contributed by atoms with Gasteiger partial charge >= 0.3 is 12.0 Å². The Balaban J connectivity index is 1.86. The van der Waals surface area contributed by atoms with Gasteiger partial charge in [0.25, 0.3) is 0 Å². The number of hydrogen-bond acceptors (Lipinski definition) is 3. The van der Waals surface area contributed by atoms with E-state index in [1.54, 1.807) is 9.80 Å².